The zero-order chi connectivity index (χ0) is 17.5. The maximum atomic E-state index is 12.1. The average molecular weight is 331 g/mol. The molecule has 1 aromatic carbocycles. The number of ether oxygens (including phenoxy) is 2. The van der Waals surface area contributed by atoms with Gasteiger partial charge in [-0.05, 0) is 63.6 Å². The molecule has 0 spiro atoms. The van der Waals surface area contributed by atoms with Crippen LogP contribution in [-0.4, -0.2) is 19.1 Å². The SMILES string of the molecule is CC/C=C(/C)C(=O)N[C@@H](C)c1ccc(OC2CCCC2)c(OC)c1. The molecule has 1 atom stereocenters. The fraction of sp³-hybridized carbons (Fsp3) is 0.550. The van der Waals surface area contributed by atoms with E-state index in [1.807, 2.05) is 45.0 Å². The third-order valence-electron chi connectivity index (χ3n) is 4.50. The Labute approximate surface area is 145 Å². The maximum absolute atomic E-state index is 12.1. The van der Waals surface area contributed by atoms with Crippen LogP contribution in [0.5, 0.6) is 11.5 Å². The van der Waals surface area contributed by atoms with Gasteiger partial charge in [0.2, 0.25) is 5.91 Å². The van der Waals surface area contributed by atoms with E-state index in [1.54, 1.807) is 7.11 Å². The van der Waals surface area contributed by atoms with Gasteiger partial charge in [0.05, 0.1) is 19.3 Å². The highest BCUT2D eigenvalue weighted by atomic mass is 16.5. The van der Waals surface area contributed by atoms with E-state index in [0.29, 0.717) is 6.10 Å². The smallest absolute Gasteiger partial charge is 0.247 e. The first-order valence-corrected chi connectivity index (χ1v) is 8.87. The zero-order valence-corrected chi connectivity index (χ0v) is 15.2. The highest BCUT2D eigenvalue weighted by Gasteiger charge is 2.19. The van der Waals surface area contributed by atoms with Gasteiger partial charge < -0.3 is 14.8 Å². The lowest BCUT2D eigenvalue weighted by Gasteiger charge is -2.19. The van der Waals surface area contributed by atoms with Crippen molar-refractivity contribution >= 4 is 5.91 Å². The summed E-state index contributed by atoms with van der Waals surface area (Å²) in [6.07, 6.45) is 7.78. The van der Waals surface area contributed by atoms with Gasteiger partial charge in [0, 0.05) is 5.57 Å². The minimum absolute atomic E-state index is 0.0328. The molecule has 0 radical (unpaired) electrons. The second-order valence-electron chi connectivity index (χ2n) is 6.43. The third-order valence-corrected chi connectivity index (χ3v) is 4.50. The topological polar surface area (TPSA) is 47.6 Å². The van der Waals surface area contributed by atoms with Crippen LogP contribution < -0.4 is 14.8 Å². The molecule has 1 aromatic rings. The molecule has 0 saturated heterocycles. The normalized spacial score (nSPS) is 16.8. The molecule has 24 heavy (non-hydrogen) atoms. The molecule has 1 fully saturated rings. The van der Waals surface area contributed by atoms with Crippen LogP contribution in [0.3, 0.4) is 0 Å². The highest BCUT2D eigenvalue weighted by molar-refractivity contribution is 5.93. The predicted octanol–water partition coefficient (Wildman–Crippen LogP) is 4.55. The summed E-state index contributed by atoms with van der Waals surface area (Å²) in [5.74, 6) is 1.48. The van der Waals surface area contributed by atoms with Gasteiger partial charge in [-0.3, -0.25) is 4.79 Å². The lowest BCUT2D eigenvalue weighted by atomic mass is 10.1. The summed E-state index contributed by atoms with van der Waals surface area (Å²) >= 11 is 0. The van der Waals surface area contributed by atoms with Crippen LogP contribution in [0.1, 0.15) is 64.5 Å². The van der Waals surface area contributed by atoms with E-state index in [4.69, 9.17) is 9.47 Å². The van der Waals surface area contributed by atoms with Gasteiger partial charge in [0.1, 0.15) is 0 Å². The molecule has 0 unspecified atom stereocenters. The lowest BCUT2D eigenvalue weighted by molar-refractivity contribution is -0.118. The van der Waals surface area contributed by atoms with Crippen molar-refractivity contribution in [2.75, 3.05) is 7.11 Å². The predicted molar refractivity (Wildman–Crippen MR) is 96.5 cm³/mol. The molecule has 1 N–H and O–H groups in total. The summed E-state index contributed by atoms with van der Waals surface area (Å²) in [7, 11) is 1.65. The van der Waals surface area contributed by atoms with E-state index >= 15 is 0 Å². The van der Waals surface area contributed by atoms with Crippen molar-refractivity contribution < 1.29 is 14.3 Å². The second-order valence-corrected chi connectivity index (χ2v) is 6.43. The van der Waals surface area contributed by atoms with Crippen LogP contribution in [0.4, 0.5) is 0 Å². The van der Waals surface area contributed by atoms with Gasteiger partial charge in [-0.25, -0.2) is 0 Å². The van der Waals surface area contributed by atoms with E-state index in [0.717, 1.165) is 41.9 Å². The average Bonchev–Trinajstić information content (AvgIpc) is 3.08. The number of amides is 1. The number of carbonyl (C=O) groups is 1. The van der Waals surface area contributed by atoms with Crippen LogP contribution >= 0.6 is 0 Å². The Morgan fingerprint density at radius 3 is 2.67 bits per heavy atom. The molecule has 1 aliphatic carbocycles. The van der Waals surface area contributed by atoms with Crippen LogP contribution in [0.25, 0.3) is 0 Å². The molecule has 0 aromatic heterocycles. The van der Waals surface area contributed by atoms with Gasteiger partial charge in [-0.15, -0.1) is 0 Å². The Bertz CT molecular complexity index is 589. The highest BCUT2D eigenvalue weighted by Crippen LogP contribution is 2.33. The summed E-state index contributed by atoms with van der Waals surface area (Å²) in [5, 5.41) is 3.02. The van der Waals surface area contributed by atoms with Gasteiger partial charge in [0.15, 0.2) is 11.5 Å². The van der Waals surface area contributed by atoms with Crippen molar-refractivity contribution in [3.05, 3.63) is 35.4 Å². The molecule has 1 aliphatic rings. The Hall–Kier alpha value is -1.97. The molecule has 0 bridgehead atoms. The van der Waals surface area contributed by atoms with Gasteiger partial charge in [-0.1, -0.05) is 19.1 Å². The molecule has 4 nitrogen and oxygen atoms in total. The quantitative estimate of drug-likeness (QED) is 0.746. The molecule has 1 amide bonds. The summed E-state index contributed by atoms with van der Waals surface area (Å²) in [6, 6.07) is 5.81. The molecule has 132 valence electrons. The summed E-state index contributed by atoms with van der Waals surface area (Å²) < 4.78 is 11.6. The van der Waals surface area contributed by atoms with Crippen LogP contribution in [0, 0.1) is 0 Å². The number of rotatable bonds is 7. The second kappa shape index (κ2) is 8.76. The fourth-order valence-corrected chi connectivity index (χ4v) is 3.03. The van der Waals surface area contributed by atoms with Crippen LogP contribution in [-0.2, 0) is 4.79 Å². The zero-order valence-electron chi connectivity index (χ0n) is 15.2. The van der Waals surface area contributed by atoms with Crippen molar-refractivity contribution in [3.63, 3.8) is 0 Å². The molecule has 4 heteroatoms. The fourth-order valence-electron chi connectivity index (χ4n) is 3.03. The molecule has 1 saturated carbocycles. The minimum Gasteiger partial charge on any atom is -0.493 e. The molecule has 0 aliphatic heterocycles. The Morgan fingerprint density at radius 2 is 2.04 bits per heavy atom. The van der Waals surface area contributed by atoms with E-state index in [-0.39, 0.29) is 11.9 Å². The first-order valence-electron chi connectivity index (χ1n) is 8.87. The van der Waals surface area contributed by atoms with Gasteiger partial charge in [-0.2, -0.15) is 0 Å². The van der Waals surface area contributed by atoms with E-state index in [9.17, 15) is 4.79 Å². The number of hydrogen-bond donors (Lipinski definition) is 1. The summed E-state index contributed by atoms with van der Waals surface area (Å²) in [4.78, 5) is 12.1. The minimum atomic E-state index is -0.0906. The molecule has 0 heterocycles. The van der Waals surface area contributed by atoms with E-state index < -0.39 is 0 Å². The number of nitrogens with one attached hydrogen (secondary N) is 1. The standard InChI is InChI=1S/C20H29NO3/c1-5-8-14(2)20(22)21-15(3)16-11-12-18(19(13-16)23-4)24-17-9-6-7-10-17/h8,11-13,15,17H,5-7,9-10H2,1-4H3,(H,21,22)/b14-8-/t15-/m0/s1. The Morgan fingerprint density at radius 1 is 1.33 bits per heavy atom. The van der Waals surface area contributed by atoms with Crippen molar-refractivity contribution in [1.29, 1.82) is 0 Å². The first-order chi connectivity index (χ1) is 11.5. The summed E-state index contributed by atoms with van der Waals surface area (Å²) in [6.45, 7) is 5.84. The number of benzene rings is 1. The van der Waals surface area contributed by atoms with Gasteiger partial charge in [0.25, 0.3) is 0 Å². The third kappa shape index (κ3) is 4.76. The number of hydrogen-bond acceptors (Lipinski definition) is 3. The Kier molecular flexibility index (Phi) is 6.71. The van der Waals surface area contributed by atoms with Crippen LogP contribution in [0.15, 0.2) is 29.8 Å². The summed E-state index contributed by atoms with van der Waals surface area (Å²) in [5.41, 5.74) is 1.75. The van der Waals surface area contributed by atoms with E-state index in [1.165, 1.54) is 12.8 Å². The van der Waals surface area contributed by atoms with Crippen molar-refractivity contribution in [2.24, 2.45) is 0 Å². The van der Waals surface area contributed by atoms with E-state index in [2.05, 4.69) is 5.32 Å². The first kappa shape index (κ1) is 18.4. The van der Waals surface area contributed by atoms with Crippen molar-refractivity contribution in [1.82, 2.24) is 5.32 Å². The maximum Gasteiger partial charge on any atom is 0.247 e. The van der Waals surface area contributed by atoms with Crippen LogP contribution in [0.2, 0.25) is 0 Å². The van der Waals surface area contributed by atoms with Crippen molar-refractivity contribution in [3.8, 4) is 11.5 Å². The largest absolute Gasteiger partial charge is 0.493 e. The van der Waals surface area contributed by atoms with Crippen molar-refractivity contribution in [2.45, 2.75) is 65.0 Å². The number of carbonyl (C=O) groups excluding carboxylic acids is 1. The lowest BCUT2D eigenvalue weighted by Crippen LogP contribution is -2.27. The molecule has 2 rings (SSSR count). The molecular weight excluding hydrogens is 302 g/mol. The monoisotopic (exact) mass is 331 g/mol. The van der Waals surface area contributed by atoms with Gasteiger partial charge >= 0.3 is 0 Å². The molecular formula is C20H29NO3. The Balaban J connectivity index is 2.07. The number of allylic oxidation sites excluding steroid dienone is 1. The number of methoxy groups -OCH3 is 1.